The summed E-state index contributed by atoms with van der Waals surface area (Å²) >= 11 is 0. The van der Waals surface area contributed by atoms with Crippen LogP contribution in [0.25, 0.3) is 11.1 Å². The minimum Gasteiger partial charge on any atom is -0.543 e. The minimum atomic E-state index is -2.05. The van der Waals surface area contributed by atoms with Crippen LogP contribution in [0.1, 0.15) is 90.0 Å². The average molecular weight is 714 g/mol. The average Bonchev–Trinajstić information content (AvgIpc) is 3.23. The first-order valence-electron chi connectivity index (χ1n) is 18.7. The summed E-state index contributed by atoms with van der Waals surface area (Å²) < 4.78 is 33.5. The Bertz CT molecular complexity index is 1710. The Morgan fingerprint density at radius 1 is 0.720 bits per heavy atom. The monoisotopic (exact) mass is 713 g/mol. The van der Waals surface area contributed by atoms with Crippen molar-refractivity contribution in [3.05, 3.63) is 77.4 Å². The molecule has 50 heavy (non-hydrogen) atoms. The van der Waals surface area contributed by atoms with Crippen LogP contribution in [-0.2, 0) is 0 Å². The molecule has 0 N–H and O–H groups in total. The summed E-state index contributed by atoms with van der Waals surface area (Å²) in [6.07, 6.45) is 4.32. The minimum absolute atomic E-state index is 0.0892. The van der Waals surface area contributed by atoms with Crippen molar-refractivity contribution in [2.75, 3.05) is 32.8 Å². The molecule has 0 amide bonds. The molecular weight excluding hydrogens is 655 g/mol. The predicted molar refractivity (Wildman–Crippen MR) is 211 cm³/mol. The zero-order chi connectivity index (χ0) is 35.9. The van der Waals surface area contributed by atoms with Gasteiger partial charge in [-0.25, -0.2) is 0 Å². The van der Waals surface area contributed by atoms with Crippen LogP contribution in [0.15, 0.2) is 60.7 Å². The maximum atomic E-state index is 7.08. The van der Waals surface area contributed by atoms with Gasteiger partial charge >= 0.3 is 0 Å². The Labute approximate surface area is 303 Å². The van der Waals surface area contributed by atoms with Crippen LogP contribution in [0.4, 0.5) is 0 Å². The molecule has 1 atom stereocenters. The summed E-state index contributed by atoms with van der Waals surface area (Å²) in [4.78, 5) is 2.51. The van der Waals surface area contributed by atoms with E-state index in [1.54, 1.807) is 0 Å². The standard InChI is InChI=1S/C42H59NO5Si2/c1-41(2,3)49(7,8)47-32-18-20-36-37(28-32)45-25-21-35-34-19-17-33(48-50(9,10)42(4,5)6)29-38(34)46-40(39(35)36)30-15-14-16-31(27-30)44-26-24-43-22-12-11-13-23-43/h14-20,27-29,40H,11-13,21-26H2,1-10H3/t40-/m1/s1. The molecule has 3 aromatic carbocycles. The summed E-state index contributed by atoms with van der Waals surface area (Å²) in [5.74, 6) is 4.29. The zero-order valence-electron chi connectivity index (χ0n) is 32.2. The van der Waals surface area contributed by atoms with Gasteiger partial charge in [0.1, 0.15) is 35.4 Å². The second kappa shape index (κ2) is 14.1. The topological polar surface area (TPSA) is 49.4 Å². The molecule has 6 rings (SSSR count). The van der Waals surface area contributed by atoms with Crippen LogP contribution < -0.4 is 23.1 Å². The lowest BCUT2D eigenvalue weighted by Gasteiger charge is -2.37. The first-order valence-corrected chi connectivity index (χ1v) is 24.5. The molecule has 8 heteroatoms. The number of benzene rings is 3. The van der Waals surface area contributed by atoms with Gasteiger partial charge < -0.3 is 23.1 Å². The molecule has 270 valence electrons. The fourth-order valence-corrected chi connectivity index (χ4v) is 8.56. The number of nitrogens with zero attached hydrogens (tertiary/aromatic N) is 1. The fourth-order valence-electron chi connectivity index (χ4n) is 6.52. The molecule has 0 radical (unpaired) electrons. The summed E-state index contributed by atoms with van der Waals surface area (Å²) in [5, 5.41) is 0.183. The van der Waals surface area contributed by atoms with Gasteiger partial charge in [0.05, 0.1) is 6.61 Å². The van der Waals surface area contributed by atoms with Crippen LogP contribution in [0.3, 0.4) is 0 Å². The van der Waals surface area contributed by atoms with Crippen molar-refractivity contribution < 1.29 is 23.1 Å². The maximum absolute atomic E-state index is 7.08. The summed E-state index contributed by atoms with van der Waals surface area (Å²) in [5.41, 5.74) is 5.61. The number of ether oxygens (including phenoxy) is 3. The molecule has 3 aliphatic rings. The van der Waals surface area contributed by atoms with E-state index in [4.69, 9.17) is 23.1 Å². The van der Waals surface area contributed by atoms with E-state index < -0.39 is 16.6 Å². The highest BCUT2D eigenvalue weighted by molar-refractivity contribution is 6.75. The molecule has 0 spiro atoms. The van der Waals surface area contributed by atoms with Gasteiger partial charge in [0.25, 0.3) is 0 Å². The highest BCUT2D eigenvalue weighted by atomic mass is 28.4. The number of hydrogen-bond donors (Lipinski definition) is 0. The van der Waals surface area contributed by atoms with Crippen molar-refractivity contribution >= 4 is 27.8 Å². The molecule has 0 unspecified atom stereocenters. The van der Waals surface area contributed by atoms with Crippen molar-refractivity contribution in [2.45, 2.75) is 110 Å². The van der Waals surface area contributed by atoms with Gasteiger partial charge in [0.15, 0.2) is 6.10 Å². The van der Waals surface area contributed by atoms with Crippen LogP contribution in [-0.4, -0.2) is 54.4 Å². The Morgan fingerprint density at radius 2 is 1.34 bits per heavy atom. The summed E-state index contributed by atoms with van der Waals surface area (Å²) in [7, 11) is -4.08. The maximum Gasteiger partial charge on any atom is 0.250 e. The molecule has 3 aliphatic heterocycles. The van der Waals surface area contributed by atoms with Crippen molar-refractivity contribution in [1.82, 2.24) is 4.90 Å². The van der Waals surface area contributed by atoms with Gasteiger partial charge in [-0.15, -0.1) is 0 Å². The second-order valence-electron chi connectivity index (χ2n) is 17.4. The van der Waals surface area contributed by atoms with Crippen molar-refractivity contribution in [3.8, 4) is 28.7 Å². The van der Waals surface area contributed by atoms with E-state index in [0.29, 0.717) is 13.2 Å². The molecule has 0 aromatic heterocycles. The number of piperidine rings is 1. The normalized spacial score (nSPS) is 18.6. The van der Waals surface area contributed by atoms with Crippen molar-refractivity contribution in [2.24, 2.45) is 0 Å². The van der Waals surface area contributed by atoms with Gasteiger partial charge in [-0.05, 0) is 104 Å². The SMILES string of the molecule is CC(C)(C)[Si](C)(C)Oc1ccc2c(c1)O[C@H](c1cccc(OCCN3CCCCC3)c1)C1=C2CCOc2cc(O[Si](C)(C)C(C)(C)C)ccc21. The molecular formula is C42H59NO5Si2. The van der Waals surface area contributed by atoms with E-state index in [1.807, 2.05) is 0 Å². The quantitative estimate of drug-likeness (QED) is 0.206. The van der Waals surface area contributed by atoms with E-state index in [1.165, 1.54) is 37.9 Å². The second-order valence-corrected chi connectivity index (χ2v) is 26.8. The summed E-state index contributed by atoms with van der Waals surface area (Å²) in [6, 6.07) is 21.3. The Balaban J connectivity index is 1.38. The molecule has 0 saturated carbocycles. The molecule has 1 saturated heterocycles. The van der Waals surface area contributed by atoms with Crippen LogP contribution in [0.5, 0.6) is 28.7 Å². The molecule has 3 heterocycles. The highest BCUT2D eigenvalue weighted by Crippen LogP contribution is 2.53. The zero-order valence-corrected chi connectivity index (χ0v) is 34.2. The first kappa shape index (κ1) is 36.6. The summed E-state index contributed by atoms with van der Waals surface area (Å²) in [6.45, 7) is 27.3. The largest absolute Gasteiger partial charge is 0.543 e. The number of likely N-dealkylation sites (tertiary alicyclic amines) is 1. The first-order chi connectivity index (χ1) is 23.5. The molecule has 6 nitrogen and oxygen atoms in total. The van der Waals surface area contributed by atoms with Crippen molar-refractivity contribution in [3.63, 3.8) is 0 Å². The van der Waals surface area contributed by atoms with Gasteiger partial charge in [0.2, 0.25) is 16.6 Å². The predicted octanol–water partition coefficient (Wildman–Crippen LogP) is 11.1. The van der Waals surface area contributed by atoms with E-state index >= 15 is 0 Å². The van der Waals surface area contributed by atoms with Crippen LogP contribution >= 0.6 is 0 Å². The van der Waals surface area contributed by atoms with Gasteiger partial charge in [-0.2, -0.15) is 0 Å². The van der Waals surface area contributed by atoms with Crippen molar-refractivity contribution in [1.29, 1.82) is 0 Å². The Morgan fingerprint density at radius 3 is 1.98 bits per heavy atom. The van der Waals surface area contributed by atoms with E-state index in [0.717, 1.165) is 64.0 Å². The van der Waals surface area contributed by atoms with E-state index in [2.05, 4.69) is 133 Å². The number of fused-ring (bicyclic) bond motifs is 4. The lowest BCUT2D eigenvalue weighted by atomic mass is 9.84. The van der Waals surface area contributed by atoms with Crippen LogP contribution in [0.2, 0.25) is 36.3 Å². The molecule has 0 aliphatic carbocycles. The third-order valence-corrected chi connectivity index (χ3v) is 20.3. The Kier molecular flexibility index (Phi) is 10.3. The number of rotatable bonds is 9. The van der Waals surface area contributed by atoms with Gasteiger partial charge in [0, 0.05) is 47.4 Å². The third kappa shape index (κ3) is 7.82. The van der Waals surface area contributed by atoms with Gasteiger partial charge in [-0.3, -0.25) is 4.90 Å². The fraction of sp³-hybridized carbons (Fsp3) is 0.524. The smallest absolute Gasteiger partial charge is 0.250 e. The lowest BCUT2D eigenvalue weighted by Crippen LogP contribution is -2.43. The molecule has 0 bridgehead atoms. The molecule has 3 aromatic rings. The molecule has 1 fully saturated rings. The third-order valence-electron chi connectivity index (χ3n) is 11.6. The van der Waals surface area contributed by atoms with E-state index in [-0.39, 0.29) is 16.2 Å². The van der Waals surface area contributed by atoms with Gasteiger partial charge in [-0.1, -0.05) is 60.1 Å². The van der Waals surface area contributed by atoms with E-state index in [9.17, 15) is 0 Å². The highest BCUT2D eigenvalue weighted by Gasteiger charge is 2.41. The Hall–Kier alpha value is -3.21. The van der Waals surface area contributed by atoms with Crippen LogP contribution in [0, 0.1) is 0 Å². The lowest BCUT2D eigenvalue weighted by molar-refractivity contribution is 0.183. The number of hydrogen-bond acceptors (Lipinski definition) is 6.